The molecule has 1 amide bonds. The van der Waals surface area contributed by atoms with Crippen molar-refractivity contribution in [3.05, 3.63) is 10.6 Å². The molecule has 1 aromatic rings. The van der Waals surface area contributed by atoms with E-state index in [0.717, 1.165) is 31.7 Å². The van der Waals surface area contributed by atoms with Gasteiger partial charge in [-0.2, -0.15) is 0 Å². The maximum Gasteiger partial charge on any atom is 0.267 e. The third-order valence-electron chi connectivity index (χ3n) is 3.91. The van der Waals surface area contributed by atoms with Gasteiger partial charge in [-0.1, -0.05) is 31.7 Å². The van der Waals surface area contributed by atoms with Crippen molar-refractivity contribution in [1.82, 2.24) is 19.8 Å². The van der Waals surface area contributed by atoms with Crippen LogP contribution in [-0.4, -0.2) is 46.1 Å². The number of likely N-dealkylation sites (N-methyl/N-ethyl adjacent to an activating group) is 1. The minimum absolute atomic E-state index is 0.0739. The molecule has 0 spiro atoms. The van der Waals surface area contributed by atoms with Crippen molar-refractivity contribution in [2.24, 2.45) is 0 Å². The number of amides is 1. The topological polar surface area (TPSA) is 58.1 Å². The second-order valence-electron chi connectivity index (χ2n) is 6.69. The van der Waals surface area contributed by atoms with Gasteiger partial charge in [0, 0.05) is 24.5 Å². The Balaban J connectivity index is 2.11. The summed E-state index contributed by atoms with van der Waals surface area (Å²) in [6.45, 7) is 10.8. The van der Waals surface area contributed by atoms with Gasteiger partial charge in [-0.05, 0) is 37.8 Å². The van der Waals surface area contributed by atoms with Crippen LogP contribution in [0.1, 0.15) is 62.3 Å². The third-order valence-corrected chi connectivity index (χ3v) is 4.63. The normalized spacial score (nSPS) is 19.5. The Morgan fingerprint density at radius 2 is 2.19 bits per heavy atom. The molecule has 0 aromatic carbocycles. The van der Waals surface area contributed by atoms with Gasteiger partial charge in [0.2, 0.25) is 0 Å². The number of hydrogen-bond donors (Lipinski definition) is 1. The quantitative estimate of drug-likeness (QED) is 0.928. The van der Waals surface area contributed by atoms with Gasteiger partial charge in [-0.15, -0.1) is 5.10 Å². The monoisotopic (exact) mass is 310 g/mol. The first-order valence-electron chi connectivity index (χ1n) is 7.79. The van der Waals surface area contributed by atoms with Crippen molar-refractivity contribution in [1.29, 1.82) is 0 Å². The number of hydrogen-bond acceptors (Lipinski definition) is 5. The zero-order valence-electron chi connectivity index (χ0n) is 13.5. The number of carbonyl (C=O) groups excluding carboxylic acids is 1. The van der Waals surface area contributed by atoms with Crippen LogP contribution >= 0.6 is 11.5 Å². The van der Waals surface area contributed by atoms with E-state index in [4.69, 9.17) is 0 Å². The molecule has 1 aliphatic heterocycles. The highest BCUT2D eigenvalue weighted by atomic mass is 32.1. The largest absolute Gasteiger partial charge is 0.337 e. The van der Waals surface area contributed by atoms with Crippen molar-refractivity contribution in [2.75, 3.05) is 19.6 Å². The van der Waals surface area contributed by atoms with E-state index in [-0.39, 0.29) is 11.3 Å². The Morgan fingerprint density at radius 1 is 1.43 bits per heavy atom. The minimum Gasteiger partial charge on any atom is -0.337 e. The molecule has 1 saturated heterocycles. The Labute approximate surface area is 131 Å². The lowest BCUT2D eigenvalue weighted by Crippen LogP contribution is -2.45. The molecule has 0 saturated carbocycles. The second kappa shape index (κ2) is 6.83. The maximum atomic E-state index is 12.8. The van der Waals surface area contributed by atoms with E-state index in [1.807, 2.05) is 11.8 Å². The van der Waals surface area contributed by atoms with Crippen LogP contribution in [-0.2, 0) is 5.41 Å². The molecule has 2 rings (SSSR count). The summed E-state index contributed by atoms with van der Waals surface area (Å²) in [5, 5.41) is 7.68. The minimum atomic E-state index is -0.152. The van der Waals surface area contributed by atoms with E-state index in [1.54, 1.807) is 0 Å². The van der Waals surface area contributed by atoms with E-state index in [1.165, 1.54) is 24.4 Å². The van der Waals surface area contributed by atoms with Gasteiger partial charge in [-0.3, -0.25) is 4.79 Å². The molecule has 0 aliphatic carbocycles. The molecule has 118 valence electrons. The highest BCUT2D eigenvalue weighted by molar-refractivity contribution is 7.08. The Morgan fingerprint density at radius 3 is 2.76 bits per heavy atom. The van der Waals surface area contributed by atoms with Crippen LogP contribution in [0.15, 0.2) is 0 Å². The summed E-state index contributed by atoms with van der Waals surface area (Å²) < 4.78 is 4.00. The lowest BCUT2D eigenvalue weighted by atomic mass is 9.91. The summed E-state index contributed by atoms with van der Waals surface area (Å²) in [6.07, 6.45) is 3.64. The molecule has 1 unspecified atom stereocenters. The third kappa shape index (κ3) is 4.01. The average molecular weight is 310 g/mol. The molecule has 6 heteroatoms. The van der Waals surface area contributed by atoms with Crippen molar-refractivity contribution < 1.29 is 4.79 Å². The SMILES string of the molecule is CCN(CC1CCCCN1)C(=O)c1snnc1C(C)(C)C. The summed E-state index contributed by atoms with van der Waals surface area (Å²) in [5.74, 6) is 0.0739. The van der Waals surface area contributed by atoms with E-state index in [9.17, 15) is 4.79 Å². The van der Waals surface area contributed by atoms with Gasteiger partial charge in [-0.25, -0.2) is 0 Å². The molecular formula is C15H26N4OS. The fourth-order valence-electron chi connectivity index (χ4n) is 2.67. The molecule has 2 heterocycles. The zero-order chi connectivity index (χ0) is 15.5. The fourth-order valence-corrected chi connectivity index (χ4v) is 3.51. The fraction of sp³-hybridized carbons (Fsp3) is 0.800. The summed E-state index contributed by atoms with van der Waals surface area (Å²) in [6, 6.07) is 0.418. The Kier molecular flexibility index (Phi) is 5.32. The highest BCUT2D eigenvalue weighted by Gasteiger charge is 2.29. The lowest BCUT2D eigenvalue weighted by molar-refractivity contribution is 0.0743. The first-order chi connectivity index (χ1) is 9.93. The van der Waals surface area contributed by atoms with Crippen molar-refractivity contribution in [3.8, 4) is 0 Å². The molecule has 0 bridgehead atoms. The molecule has 1 aliphatic rings. The van der Waals surface area contributed by atoms with Gasteiger partial charge in [0.1, 0.15) is 4.88 Å². The highest BCUT2D eigenvalue weighted by Crippen LogP contribution is 2.27. The van der Waals surface area contributed by atoms with Crippen LogP contribution in [0.4, 0.5) is 0 Å². The molecule has 1 atom stereocenters. The van der Waals surface area contributed by atoms with Crippen LogP contribution in [0, 0.1) is 0 Å². The molecule has 5 nitrogen and oxygen atoms in total. The van der Waals surface area contributed by atoms with Gasteiger partial charge in [0.05, 0.1) is 5.69 Å². The van der Waals surface area contributed by atoms with Crippen molar-refractivity contribution in [2.45, 2.75) is 58.4 Å². The number of aromatic nitrogens is 2. The maximum absolute atomic E-state index is 12.8. The Hall–Kier alpha value is -1.01. The number of carbonyl (C=O) groups is 1. The summed E-state index contributed by atoms with van der Waals surface area (Å²) in [4.78, 5) is 15.4. The van der Waals surface area contributed by atoms with Crippen LogP contribution in [0.25, 0.3) is 0 Å². The van der Waals surface area contributed by atoms with Crippen molar-refractivity contribution in [3.63, 3.8) is 0 Å². The number of nitrogens with zero attached hydrogens (tertiary/aromatic N) is 3. The van der Waals surface area contributed by atoms with Crippen LogP contribution in [0.2, 0.25) is 0 Å². The van der Waals surface area contributed by atoms with Gasteiger partial charge in [0.25, 0.3) is 5.91 Å². The summed E-state index contributed by atoms with van der Waals surface area (Å²) in [7, 11) is 0. The zero-order valence-corrected chi connectivity index (χ0v) is 14.3. The van der Waals surface area contributed by atoms with Gasteiger partial charge < -0.3 is 10.2 Å². The van der Waals surface area contributed by atoms with E-state index in [2.05, 4.69) is 35.7 Å². The number of nitrogens with one attached hydrogen (secondary N) is 1. The van der Waals surface area contributed by atoms with Crippen molar-refractivity contribution >= 4 is 17.4 Å². The summed E-state index contributed by atoms with van der Waals surface area (Å²) in [5.41, 5.74) is 0.660. The molecule has 1 aromatic heterocycles. The smallest absolute Gasteiger partial charge is 0.267 e. The average Bonchev–Trinajstić information content (AvgIpc) is 2.94. The van der Waals surface area contributed by atoms with Crippen LogP contribution in [0.5, 0.6) is 0 Å². The molecule has 1 fully saturated rings. The predicted octanol–water partition coefficient (Wildman–Crippen LogP) is 2.44. The first-order valence-corrected chi connectivity index (χ1v) is 8.56. The van der Waals surface area contributed by atoms with E-state index < -0.39 is 0 Å². The predicted molar refractivity (Wildman–Crippen MR) is 85.8 cm³/mol. The van der Waals surface area contributed by atoms with E-state index >= 15 is 0 Å². The molecule has 0 radical (unpaired) electrons. The number of piperidine rings is 1. The van der Waals surface area contributed by atoms with Gasteiger partial charge in [0.15, 0.2) is 0 Å². The molecular weight excluding hydrogens is 284 g/mol. The number of rotatable bonds is 4. The standard InChI is InChI=1S/C15H26N4OS/c1-5-19(10-11-8-6-7-9-16-11)14(20)12-13(15(2,3)4)17-18-21-12/h11,16H,5-10H2,1-4H3. The Bertz CT molecular complexity index is 474. The molecule has 1 N–H and O–H groups in total. The lowest BCUT2D eigenvalue weighted by Gasteiger charge is -2.30. The first kappa shape index (κ1) is 16.4. The van der Waals surface area contributed by atoms with Crippen LogP contribution in [0.3, 0.4) is 0 Å². The molecule has 21 heavy (non-hydrogen) atoms. The second-order valence-corrected chi connectivity index (χ2v) is 7.45. The summed E-state index contributed by atoms with van der Waals surface area (Å²) >= 11 is 1.22. The van der Waals surface area contributed by atoms with E-state index in [0.29, 0.717) is 10.9 Å². The van der Waals surface area contributed by atoms with Crippen LogP contribution < -0.4 is 5.32 Å². The van der Waals surface area contributed by atoms with Gasteiger partial charge >= 0.3 is 0 Å².